The van der Waals surface area contributed by atoms with E-state index in [0.29, 0.717) is 0 Å². The van der Waals surface area contributed by atoms with Gasteiger partial charge in [-0.2, -0.15) is 0 Å². The third-order valence-corrected chi connectivity index (χ3v) is 8.17. The van der Waals surface area contributed by atoms with Gasteiger partial charge in [0.05, 0.1) is 10.5 Å². The maximum Gasteiger partial charge on any atom is 0.162 e. The van der Waals surface area contributed by atoms with Crippen LogP contribution in [0.2, 0.25) is 0 Å². The Balaban J connectivity index is 0.000000307. The number of aromatic nitrogens is 1. The molecule has 0 aliphatic heterocycles. The average Bonchev–Trinajstić information content (AvgIpc) is 3.34. The molecule has 4 rings (SSSR count). The number of hydrogen-bond donors (Lipinski definition) is 1. The number of pyridine rings is 1. The number of ketones is 1. The van der Waals surface area contributed by atoms with Crippen molar-refractivity contribution in [2.75, 3.05) is 0 Å². The molecule has 6 heteroatoms. The first-order chi connectivity index (χ1) is 18.7. The summed E-state index contributed by atoms with van der Waals surface area (Å²) in [6.45, 7) is 12.2. The van der Waals surface area contributed by atoms with Crippen molar-refractivity contribution in [3.63, 3.8) is 0 Å². The molecule has 0 aliphatic carbocycles. The van der Waals surface area contributed by atoms with Crippen LogP contribution in [0.15, 0.2) is 66.6 Å². The molecule has 0 bridgehead atoms. The number of aliphatic hydroxyl groups is 1. The number of halogens is 1. The molecular weight excluding hydrogens is 698 g/mol. The summed E-state index contributed by atoms with van der Waals surface area (Å²) in [5, 5.41) is 10.9. The molecule has 40 heavy (non-hydrogen) atoms. The van der Waals surface area contributed by atoms with Gasteiger partial charge in [-0.05, 0) is 60.5 Å². The third kappa shape index (κ3) is 8.92. The molecule has 0 saturated heterocycles. The van der Waals surface area contributed by atoms with Crippen molar-refractivity contribution >= 4 is 27.2 Å². The van der Waals surface area contributed by atoms with Crippen molar-refractivity contribution in [2.24, 2.45) is 11.8 Å². The fraction of sp³-hybridized carbons (Fsp3) is 0.353. The molecule has 0 spiro atoms. The van der Waals surface area contributed by atoms with Crippen LogP contribution >= 0.6 is 11.3 Å². The van der Waals surface area contributed by atoms with Crippen LogP contribution in [0.1, 0.15) is 64.5 Å². The van der Waals surface area contributed by atoms with Gasteiger partial charge in [0.15, 0.2) is 5.78 Å². The van der Waals surface area contributed by atoms with E-state index in [4.69, 9.17) is 0 Å². The maximum absolute atomic E-state index is 13.1. The predicted molar refractivity (Wildman–Crippen MR) is 163 cm³/mol. The van der Waals surface area contributed by atoms with Crippen LogP contribution in [0.3, 0.4) is 0 Å². The minimum atomic E-state index is -0.214. The van der Waals surface area contributed by atoms with E-state index in [0.717, 1.165) is 63.0 Å². The van der Waals surface area contributed by atoms with Crippen LogP contribution in [0, 0.1) is 37.6 Å². The number of thiophene rings is 1. The van der Waals surface area contributed by atoms with E-state index in [1.54, 1.807) is 11.3 Å². The van der Waals surface area contributed by atoms with E-state index in [-0.39, 0.29) is 49.3 Å². The van der Waals surface area contributed by atoms with Crippen LogP contribution < -0.4 is 0 Å². The molecule has 4 aromatic rings. The monoisotopic (exact) mass is 737 g/mol. The number of aliphatic hydroxyl groups excluding tert-OH is 1. The van der Waals surface area contributed by atoms with E-state index in [1.807, 2.05) is 52.9 Å². The van der Waals surface area contributed by atoms with E-state index in [2.05, 4.69) is 42.2 Å². The topological polar surface area (TPSA) is 50.2 Å². The van der Waals surface area contributed by atoms with E-state index >= 15 is 0 Å². The van der Waals surface area contributed by atoms with Gasteiger partial charge < -0.3 is 10.1 Å². The van der Waals surface area contributed by atoms with Crippen LogP contribution in [0.4, 0.5) is 4.39 Å². The van der Waals surface area contributed by atoms with Crippen LogP contribution in [0.5, 0.6) is 0 Å². The van der Waals surface area contributed by atoms with E-state index < -0.39 is 0 Å². The van der Waals surface area contributed by atoms with Gasteiger partial charge in [-0.25, -0.2) is 4.39 Å². The number of carbonyl (C=O) groups is 1. The molecule has 0 fully saturated rings. The molecule has 1 N–H and O–H groups in total. The third-order valence-electron chi connectivity index (χ3n) is 7.04. The van der Waals surface area contributed by atoms with E-state index in [9.17, 15) is 14.3 Å². The van der Waals surface area contributed by atoms with Crippen molar-refractivity contribution in [3.05, 3.63) is 89.6 Å². The van der Waals surface area contributed by atoms with Crippen molar-refractivity contribution in [1.82, 2.24) is 4.98 Å². The van der Waals surface area contributed by atoms with Crippen LogP contribution in [0.25, 0.3) is 31.8 Å². The number of nitrogens with zero attached hydrogens (tertiary/aromatic N) is 1. The first-order valence-corrected chi connectivity index (χ1v) is 14.6. The summed E-state index contributed by atoms with van der Waals surface area (Å²) in [7, 11) is 0. The van der Waals surface area contributed by atoms with Gasteiger partial charge in [0, 0.05) is 49.1 Å². The standard InChI is InChI=1S/C21H15FNS.C13H24O2.Ir/c1-13-7-14(2)9-16(8-13)19-10-17-11-20(24-21(17)12-23-19)15-3-5-18(22)6-4-15;1-5-10(6-2)12(14)9-13(15)11(7-3)8-4;/h3-8,10-12H,1-2H3;9-11,14H,5-8H2,1-4H3;/q-1;;/b;12-9-;. The second-order valence-corrected chi connectivity index (χ2v) is 11.1. The number of carbonyl (C=O) groups excluding carboxylic acids is 1. The Bertz CT molecular complexity index is 1400. The summed E-state index contributed by atoms with van der Waals surface area (Å²) < 4.78 is 14.2. The number of rotatable bonds is 9. The fourth-order valence-corrected chi connectivity index (χ4v) is 5.68. The molecule has 0 unspecified atom stereocenters. The molecule has 2 heterocycles. The molecule has 2 aromatic heterocycles. The second-order valence-electron chi connectivity index (χ2n) is 9.98. The quantitative estimate of drug-likeness (QED) is 0.106. The zero-order chi connectivity index (χ0) is 28.5. The molecule has 3 nitrogen and oxygen atoms in total. The Labute approximate surface area is 255 Å². The molecule has 0 atom stereocenters. The average molecular weight is 737 g/mol. The SMILES string of the molecule is CCC(CC)C(=O)/C=C(\O)C(CC)CC.Cc1[c-]c(-c2cc3cc(-c4ccc(F)cc4)sc3cn2)cc(C)c1.[Ir]. The smallest absolute Gasteiger partial charge is 0.162 e. The fourth-order valence-electron chi connectivity index (χ4n) is 4.66. The molecular formula is C34H39FIrNO2S-. The van der Waals surface area contributed by atoms with Crippen LogP contribution in [-0.2, 0) is 24.9 Å². The number of hydrogen-bond acceptors (Lipinski definition) is 4. The Morgan fingerprint density at radius 2 is 1.60 bits per heavy atom. The molecule has 2 aromatic carbocycles. The summed E-state index contributed by atoms with van der Waals surface area (Å²) in [5.74, 6) is 0.334. The summed E-state index contributed by atoms with van der Waals surface area (Å²) in [6.07, 6.45) is 6.82. The second kappa shape index (κ2) is 16.0. The number of allylic oxidation sites excluding steroid dienone is 2. The minimum Gasteiger partial charge on any atom is -0.512 e. The van der Waals surface area contributed by atoms with Gasteiger partial charge in [0.25, 0.3) is 0 Å². The maximum atomic E-state index is 13.1. The zero-order valence-electron chi connectivity index (χ0n) is 24.2. The molecule has 0 amide bonds. The Hall–Kier alpha value is -2.66. The van der Waals surface area contributed by atoms with Gasteiger partial charge in [-0.15, -0.1) is 46.2 Å². The summed E-state index contributed by atoms with van der Waals surface area (Å²) in [5.41, 5.74) is 5.29. The Morgan fingerprint density at radius 3 is 2.17 bits per heavy atom. The van der Waals surface area contributed by atoms with Gasteiger partial charge in [-0.3, -0.25) is 4.79 Å². The number of benzene rings is 2. The predicted octanol–water partition coefficient (Wildman–Crippen LogP) is 10.1. The summed E-state index contributed by atoms with van der Waals surface area (Å²) in [4.78, 5) is 17.4. The number of aryl methyl sites for hydroxylation is 2. The van der Waals surface area contributed by atoms with Gasteiger partial charge >= 0.3 is 0 Å². The Morgan fingerprint density at radius 1 is 0.975 bits per heavy atom. The first kappa shape index (κ1) is 33.5. The largest absolute Gasteiger partial charge is 0.512 e. The van der Waals surface area contributed by atoms with Crippen molar-refractivity contribution in [1.29, 1.82) is 0 Å². The first-order valence-electron chi connectivity index (χ1n) is 13.8. The summed E-state index contributed by atoms with van der Waals surface area (Å²) >= 11 is 1.67. The molecule has 0 aliphatic rings. The van der Waals surface area contributed by atoms with Crippen molar-refractivity contribution in [2.45, 2.75) is 67.2 Å². The normalized spacial score (nSPS) is 11.4. The van der Waals surface area contributed by atoms with Crippen molar-refractivity contribution < 1.29 is 34.4 Å². The Kier molecular flexibility index (Phi) is 13.4. The van der Waals surface area contributed by atoms with Gasteiger partial charge in [0.1, 0.15) is 5.82 Å². The molecule has 0 saturated carbocycles. The molecule has 1 radical (unpaired) electrons. The van der Waals surface area contributed by atoms with Crippen molar-refractivity contribution in [3.8, 4) is 21.7 Å². The van der Waals surface area contributed by atoms with E-state index in [1.165, 1.54) is 23.8 Å². The van der Waals surface area contributed by atoms with Crippen LogP contribution in [-0.4, -0.2) is 15.9 Å². The summed E-state index contributed by atoms with van der Waals surface area (Å²) in [6, 6.07) is 18.4. The van der Waals surface area contributed by atoms with Gasteiger partial charge in [0.2, 0.25) is 0 Å². The minimum absolute atomic E-state index is 0. The van der Waals surface area contributed by atoms with Gasteiger partial charge in [-0.1, -0.05) is 59.7 Å². The zero-order valence-corrected chi connectivity index (χ0v) is 27.4. The molecule has 215 valence electrons. The number of fused-ring (bicyclic) bond motifs is 1.